The van der Waals surface area contributed by atoms with Gasteiger partial charge in [-0.15, -0.1) is 20.5 Å². The molecule has 0 aliphatic heterocycles. The summed E-state index contributed by atoms with van der Waals surface area (Å²) in [5, 5.41) is 36.4. The number of rotatable bonds is 19. The van der Waals surface area contributed by atoms with Gasteiger partial charge in [0.2, 0.25) is 11.9 Å². The summed E-state index contributed by atoms with van der Waals surface area (Å²) >= 11 is 5.04. The van der Waals surface area contributed by atoms with Gasteiger partial charge in [-0.05, 0) is 112 Å². The van der Waals surface area contributed by atoms with Gasteiger partial charge in [-0.2, -0.15) is 40.5 Å². The number of aliphatic hydroxyl groups excluding tert-OH is 1. The van der Waals surface area contributed by atoms with Crippen molar-refractivity contribution >= 4 is 154 Å². The fourth-order valence-electron chi connectivity index (χ4n) is 6.58. The number of benzene rings is 2. The predicted octanol–water partition coefficient (Wildman–Crippen LogP) is 10.4. The highest BCUT2D eigenvalue weighted by molar-refractivity contribution is 7.99. The van der Waals surface area contributed by atoms with Crippen molar-refractivity contribution in [1.29, 1.82) is 0 Å². The van der Waals surface area contributed by atoms with Crippen molar-refractivity contribution in [2.24, 2.45) is 20.5 Å². The minimum Gasteiger partial charge on any atom is -0.396 e. The number of hydrogen-bond acceptors (Lipinski definition) is 23. The molecule has 0 atom stereocenters. The first-order valence-electron chi connectivity index (χ1n) is 19.4. The van der Waals surface area contributed by atoms with Crippen LogP contribution in [-0.2, 0) is 20.2 Å². The van der Waals surface area contributed by atoms with Crippen molar-refractivity contribution in [3.63, 3.8) is 0 Å². The van der Waals surface area contributed by atoms with Crippen LogP contribution < -0.4 is 20.4 Å². The number of aliphatic hydroxyl groups is 1. The van der Waals surface area contributed by atoms with Crippen LogP contribution in [0.25, 0.3) is 20.4 Å². The molecule has 2 aromatic carbocycles. The summed E-state index contributed by atoms with van der Waals surface area (Å²) in [4.78, 5) is 19.2. The number of thiophene rings is 2. The van der Waals surface area contributed by atoms with E-state index >= 15 is 0 Å². The van der Waals surface area contributed by atoms with Gasteiger partial charge in [0.1, 0.15) is 21.0 Å². The number of aromatic nitrogens is 5. The van der Waals surface area contributed by atoms with Gasteiger partial charge >= 0.3 is 20.2 Å². The average Bonchev–Trinajstić information content (AvgIpc) is 4.02. The fourth-order valence-corrected chi connectivity index (χ4v) is 13.0. The quantitative estimate of drug-likeness (QED) is 0.0286. The Morgan fingerprint density at radius 1 is 0.656 bits per heavy atom. The summed E-state index contributed by atoms with van der Waals surface area (Å²) in [5.41, 5.74) is 4.20. The summed E-state index contributed by atoms with van der Waals surface area (Å²) in [6.45, 7) is 14.1. The smallest absolute Gasteiger partial charge is 0.304 e. The van der Waals surface area contributed by atoms with E-state index in [1.807, 2.05) is 52.0 Å². The van der Waals surface area contributed by atoms with E-state index in [1.165, 1.54) is 11.8 Å². The molecule has 0 unspecified atom stereocenters. The molecule has 0 saturated carbocycles. The number of nitrogens with one attached hydrogen (secondary N) is 2. The van der Waals surface area contributed by atoms with Crippen LogP contribution >= 0.6 is 57.5 Å². The van der Waals surface area contributed by atoms with E-state index in [1.54, 1.807) is 26.0 Å². The Balaban J connectivity index is 1.28. The number of anilines is 6. The van der Waals surface area contributed by atoms with Crippen LogP contribution in [0.15, 0.2) is 70.4 Å². The van der Waals surface area contributed by atoms with Crippen molar-refractivity contribution < 1.29 is 31.0 Å². The predicted molar refractivity (Wildman–Crippen MR) is 257 cm³/mol. The molecule has 0 radical (unpaired) electrons. The van der Waals surface area contributed by atoms with E-state index in [0.717, 1.165) is 83.3 Å². The lowest BCUT2D eigenvalue weighted by molar-refractivity contribution is 0.322. The topological polar surface area (TPSA) is 273 Å². The molecule has 0 aliphatic carbocycles. The molecule has 5 N–H and O–H groups in total. The summed E-state index contributed by atoms with van der Waals surface area (Å²) in [7, 11) is -8.92. The standard InChI is InChI=1S/C37H41N13O7S7/c1-7-49(8-2)21-11-13-23(43-45-29-27-19(5)33(63(52,53)54)59-31(27)47-61-29)25(17-21)38-35-40-36(42-37(41-35)58-16-15-51)39-26-18-22(50(9-3)10-4)12-14-24(26)44-46-30-28-20(6)34(64(55,56)57)60-32(28)48-62-30/h11-14,17-18,51H,7-10,15-16H2,1-6H3,(H,52,53,54)(H,55,56,57)(H2,38,39,40,41,42). The van der Waals surface area contributed by atoms with Gasteiger partial charge in [0.25, 0.3) is 0 Å². The van der Waals surface area contributed by atoms with Gasteiger partial charge in [0, 0.05) is 43.3 Å². The number of nitrogens with zero attached hydrogens (tertiary/aromatic N) is 11. The van der Waals surface area contributed by atoms with Crippen molar-refractivity contribution in [2.45, 2.75) is 55.1 Å². The third-order valence-corrected chi connectivity index (χ3v) is 17.4. The van der Waals surface area contributed by atoms with Crippen LogP contribution in [0.3, 0.4) is 0 Å². The van der Waals surface area contributed by atoms with Crippen molar-refractivity contribution in [3.8, 4) is 0 Å². The second kappa shape index (κ2) is 19.7. The zero-order valence-corrected chi connectivity index (χ0v) is 40.7. The lowest BCUT2D eigenvalue weighted by Gasteiger charge is -2.22. The normalized spacial score (nSPS) is 12.4. The summed E-state index contributed by atoms with van der Waals surface area (Å²) < 4.78 is 75.9. The second-order valence-corrected chi connectivity index (χ2v) is 21.3. The molecule has 7 aromatic rings. The minimum absolute atomic E-state index is 0.130. The Morgan fingerprint density at radius 3 is 1.45 bits per heavy atom. The zero-order valence-electron chi connectivity index (χ0n) is 35.0. The largest absolute Gasteiger partial charge is 0.396 e. The third kappa shape index (κ3) is 10.2. The van der Waals surface area contributed by atoms with Gasteiger partial charge in [0.05, 0.1) is 28.8 Å². The maximum atomic E-state index is 12.0. The maximum absolute atomic E-state index is 12.0. The van der Waals surface area contributed by atoms with E-state index in [2.05, 4.69) is 59.6 Å². The van der Waals surface area contributed by atoms with E-state index < -0.39 is 20.2 Å². The summed E-state index contributed by atoms with van der Waals surface area (Å²) in [6, 6.07) is 11.2. The Kier molecular flexibility index (Phi) is 14.5. The molecule has 27 heteroatoms. The Labute approximate surface area is 388 Å². The Hall–Kier alpha value is -4.84. The highest BCUT2D eigenvalue weighted by Gasteiger charge is 2.25. The number of thioether (sulfide) groups is 1. The highest BCUT2D eigenvalue weighted by Crippen LogP contribution is 2.45. The molecule has 20 nitrogen and oxygen atoms in total. The molecule has 0 fully saturated rings. The molecule has 0 aliphatic rings. The Bertz CT molecular complexity index is 2920. The summed E-state index contributed by atoms with van der Waals surface area (Å²) in [5.74, 6) is 0.567. The van der Waals surface area contributed by atoms with E-state index in [-0.39, 0.29) is 26.9 Å². The van der Waals surface area contributed by atoms with E-state index in [4.69, 9.17) is 4.98 Å². The van der Waals surface area contributed by atoms with Crippen LogP contribution in [0.2, 0.25) is 0 Å². The first-order chi connectivity index (χ1) is 30.6. The van der Waals surface area contributed by atoms with Gasteiger partial charge in [-0.3, -0.25) is 9.11 Å². The van der Waals surface area contributed by atoms with Gasteiger partial charge in [0.15, 0.2) is 23.6 Å². The van der Waals surface area contributed by atoms with E-state index in [0.29, 0.717) is 75.2 Å². The molecule has 0 amide bonds. The van der Waals surface area contributed by atoms with E-state index in [9.17, 15) is 31.0 Å². The molecule has 0 saturated heterocycles. The van der Waals surface area contributed by atoms with Crippen LogP contribution in [0.4, 0.5) is 56.0 Å². The molecule has 7 rings (SSSR count). The molecule has 5 aromatic heterocycles. The van der Waals surface area contributed by atoms with Crippen molar-refractivity contribution in [1.82, 2.24) is 23.7 Å². The number of hydrogen-bond donors (Lipinski definition) is 5. The molecule has 0 spiro atoms. The third-order valence-electron chi connectivity index (χ3n) is 9.64. The monoisotopic (exact) mass is 1000 g/mol. The molecule has 64 heavy (non-hydrogen) atoms. The highest BCUT2D eigenvalue weighted by atomic mass is 32.3. The number of fused-ring (bicyclic) bond motifs is 2. The maximum Gasteiger partial charge on any atom is 0.304 e. The van der Waals surface area contributed by atoms with Crippen molar-refractivity contribution in [3.05, 3.63) is 47.5 Å². The molecular formula is C37H41N13O7S7. The zero-order chi connectivity index (χ0) is 45.9. The lowest BCUT2D eigenvalue weighted by atomic mass is 10.2. The van der Waals surface area contributed by atoms with Gasteiger partial charge in [-0.1, -0.05) is 34.4 Å². The first-order valence-corrected chi connectivity index (χ1v) is 26.5. The SMILES string of the molecule is CCN(CC)c1ccc(N=Nc2snc3sc(S(=O)(=O)O)c(C)c23)c(Nc2nc(Nc3cc(N(CC)CC)ccc3N=Nc3snc4sc(S(=O)(=O)O)c(C)c34)nc(SCCO)n2)c1. The lowest BCUT2D eigenvalue weighted by Crippen LogP contribution is -2.21. The van der Waals surface area contributed by atoms with Crippen LogP contribution in [-0.4, -0.2) is 93.3 Å². The van der Waals surface area contributed by atoms with Crippen molar-refractivity contribution in [2.75, 3.05) is 59.0 Å². The van der Waals surface area contributed by atoms with Crippen LogP contribution in [0.5, 0.6) is 0 Å². The van der Waals surface area contributed by atoms with Gasteiger partial charge in [-0.25, -0.2) is 0 Å². The average molecular weight is 1000 g/mol. The second-order valence-electron chi connectivity index (χ2n) is 13.5. The number of aryl methyl sites for hydroxylation is 2. The summed E-state index contributed by atoms with van der Waals surface area (Å²) in [6.07, 6.45) is 0. The molecule has 338 valence electrons. The fraction of sp³-hybridized carbons (Fsp3) is 0.324. The van der Waals surface area contributed by atoms with Gasteiger partial charge < -0.3 is 25.5 Å². The first kappa shape index (κ1) is 47.1. The van der Waals surface area contributed by atoms with Crippen LogP contribution in [0, 0.1) is 13.8 Å². The molecular weight excluding hydrogens is 963 g/mol. The molecule has 0 bridgehead atoms. The minimum atomic E-state index is -4.46. The Morgan fingerprint density at radius 2 is 1.08 bits per heavy atom. The molecule has 5 heterocycles. The van der Waals surface area contributed by atoms with Crippen LogP contribution in [0.1, 0.15) is 38.8 Å². The number of azo groups is 2.